The highest BCUT2D eigenvalue weighted by molar-refractivity contribution is 5.06. The average Bonchev–Trinajstić information content (AvgIpc) is 3.96. The Kier molecular flexibility index (Phi) is 15.4. The molecule has 2 N–H and O–H groups in total. The van der Waals surface area contributed by atoms with Crippen LogP contribution in [0.1, 0.15) is 99.3 Å². The maximum atomic E-state index is 13.4. The minimum atomic E-state index is -5.69. The van der Waals surface area contributed by atoms with E-state index in [1.165, 1.54) is 0 Å². The van der Waals surface area contributed by atoms with Crippen LogP contribution in [0.25, 0.3) is 0 Å². The van der Waals surface area contributed by atoms with Gasteiger partial charge in [-0.3, -0.25) is 0 Å². The van der Waals surface area contributed by atoms with Crippen molar-refractivity contribution in [1.29, 1.82) is 0 Å². The Morgan fingerprint density at radius 3 is 0.825 bits per heavy atom. The molecule has 0 heterocycles. The Bertz CT molecular complexity index is 1400. The highest BCUT2D eigenvalue weighted by Crippen LogP contribution is 2.62. The largest absolute Gasteiger partial charge is 0.426 e. The van der Waals surface area contributed by atoms with Crippen LogP contribution < -0.4 is 0 Å². The SMILES string of the molecule is CC1C2CC(CC(O)(C(F)(F)F)C(F)(F)F)C(C2)C1C.CC1C2CC(CC(O)(C(F)(F)F)C(F)(F)F)C(C2)C1C.COCOC(CC1CC2CC1C(C)C2C)(C(F)(F)F)C(F)(F)F. The molecule has 6 rings (SSSR count). The minimum absolute atomic E-state index is 0.106. The maximum absolute atomic E-state index is 13.4. The van der Waals surface area contributed by atoms with Gasteiger partial charge in [0.1, 0.15) is 6.79 Å². The molecule has 0 spiro atoms. The molecule has 6 aliphatic rings. The molecule has 6 bridgehead atoms. The Labute approximate surface area is 354 Å². The van der Waals surface area contributed by atoms with Crippen molar-refractivity contribution in [3.05, 3.63) is 0 Å². The minimum Gasteiger partial charge on any atom is -0.374 e. The van der Waals surface area contributed by atoms with Crippen molar-refractivity contribution in [3.8, 4) is 0 Å². The van der Waals surface area contributed by atoms with Crippen LogP contribution in [0.3, 0.4) is 0 Å². The molecule has 6 saturated carbocycles. The molecule has 15 atom stereocenters. The summed E-state index contributed by atoms with van der Waals surface area (Å²) in [6.45, 7) is 10.6. The molecule has 15 unspecified atom stereocenters. The van der Waals surface area contributed by atoms with Crippen LogP contribution in [-0.4, -0.2) is 78.0 Å². The van der Waals surface area contributed by atoms with Gasteiger partial charge in [-0.05, 0) is 147 Å². The number of rotatable bonds is 9. The molecule has 63 heavy (non-hydrogen) atoms. The summed E-state index contributed by atoms with van der Waals surface area (Å²) >= 11 is 0. The fraction of sp³-hybridized carbons (Fsp3) is 1.00. The summed E-state index contributed by atoms with van der Waals surface area (Å²) < 4.78 is 241. The van der Waals surface area contributed by atoms with E-state index in [-0.39, 0.29) is 53.3 Å². The first-order valence-electron chi connectivity index (χ1n) is 21.2. The molecule has 0 saturated heterocycles. The van der Waals surface area contributed by atoms with Gasteiger partial charge in [-0.15, -0.1) is 0 Å². The second-order valence-electron chi connectivity index (χ2n) is 19.8. The van der Waals surface area contributed by atoms with E-state index in [0.717, 1.165) is 7.11 Å². The number of alkyl halides is 18. The normalized spacial score (nSPS) is 37.3. The highest BCUT2D eigenvalue weighted by Gasteiger charge is 2.75. The quantitative estimate of drug-likeness (QED) is 0.179. The van der Waals surface area contributed by atoms with Crippen molar-refractivity contribution in [1.82, 2.24) is 0 Å². The second-order valence-corrected chi connectivity index (χ2v) is 19.8. The Morgan fingerprint density at radius 1 is 0.381 bits per heavy atom. The van der Waals surface area contributed by atoms with Crippen molar-refractivity contribution < 1.29 is 98.7 Å². The molecule has 0 radical (unpaired) electrons. The Morgan fingerprint density at radius 2 is 0.635 bits per heavy atom. The summed E-state index contributed by atoms with van der Waals surface area (Å²) in [5.74, 6) is -0.482. The lowest BCUT2D eigenvalue weighted by Crippen LogP contribution is -2.60. The van der Waals surface area contributed by atoms with Gasteiger partial charge in [-0.25, -0.2) is 0 Å². The number of halogens is 18. The standard InChI is InChI=1S/C15H22F6O2.2C13H18F6O/c1-8-9(2)12-5-10(8)4-11(12)6-13(14(16,17)18,15(19,20)21)23-7-22-3;2*1-6-7(2)10-4-8(6)3-9(10)5-11(20,12(14,15)16)13(17,18)19/h8-12H,4-7H2,1-3H3;2*6-10,20H,3-5H2,1-2H3. The average molecular weight is 957 g/mol. The Hall–Kier alpha value is -1.42. The smallest absolute Gasteiger partial charge is 0.374 e. The van der Waals surface area contributed by atoms with E-state index >= 15 is 0 Å². The molecule has 0 amide bonds. The lowest BCUT2D eigenvalue weighted by molar-refractivity contribution is -0.397. The fourth-order valence-corrected chi connectivity index (χ4v) is 12.7. The van der Waals surface area contributed by atoms with E-state index in [9.17, 15) is 89.2 Å². The zero-order chi connectivity index (χ0) is 48.6. The zero-order valence-electron chi connectivity index (χ0n) is 35.7. The van der Waals surface area contributed by atoms with Gasteiger partial charge in [0.25, 0.3) is 16.8 Å². The van der Waals surface area contributed by atoms with Crippen LogP contribution in [0.15, 0.2) is 0 Å². The van der Waals surface area contributed by atoms with Crippen LogP contribution in [0.2, 0.25) is 0 Å². The van der Waals surface area contributed by atoms with Gasteiger partial charge in [0.15, 0.2) is 0 Å². The molecule has 4 nitrogen and oxygen atoms in total. The molecule has 6 aliphatic carbocycles. The van der Waals surface area contributed by atoms with Crippen molar-refractivity contribution in [3.63, 3.8) is 0 Å². The van der Waals surface area contributed by atoms with Crippen molar-refractivity contribution in [2.75, 3.05) is 13.9 Å². The first-order chi connectivity index (χ1) is 28.2. The lowest BCUT2D eigenvalue weighted by Gasteiger charge is -2.41. The number of ether oxygens (including phenoxy) is 2. The van der Waals surface area contributed by atoms with E-state index in [1.807, 2.05) is 41.5 Å². The van der Waals surface area contributed by atoms with Gasteiger partial charge in [-0.2, -0.15) is 79.0 Å². The van der Waals surface area contributed by atoms with Gasteiger partial charge < -0.3 is 19.7 Å². The second kappa shape index (κ2) is 17.9. The monoisotopic (exact) mass is 956 g/mol. The third-order valence-corrected chi connectivity index (χ3v) is 17.0. The first kappa shape index (κ1) is 54.2. The van der Waals surface area contributed by atoms with Crippen molar-refractivity contribution in [2.24, 2.45) is 88.8 Å². The summed E-state index contributed by atoms with van der Waals surface area (Å²) in [6, 6.07) is 0. The molecule has 0 aliphatic heterocycles. The van der Waals surface area contributed by atoms with Crippen LogP contribution >= 0.6 is 0 Å². The van der Waals surface area contributed by atoms with Crippen molar-refractivity contribution >= 4 is 0 Å². The van der Waals surface area contributed by atoms with E-state index in [1.54, 1.807) is 0 Å². The number of methoxy groups -OCH3 is 1. The van der Waals surface area contributed by atoms with E-state index in [0.29, 0.717) is 56.3 Å². The number of hydrogen-bond acceptors (Lipinski definition) is 4. The molecular weight excluding hydrogens is 898 g/mol. The van der Waals surface area contributed by atoms with Gasteiger partial charge in [0.2, 0.25) is 0 Å². The molecule has 372 valence electrons. The van der Waals surface area contributed by atoms with E-state index in [2.05, 4.69) is 9.47 Å². The molecule has 22 heteroatoms. The molecule has 6 fully saturated rings. The lowest BCUT2D eigenvalue weighted by atomic mass is 9.71. The number of fused-ring (bicyclic) bond motifs is 6. The third kappa shape index (κ3) is 9.95. The van der Waals surface area contributed by atoms with Crippen LogP contribution in [0, 0.1) is 88.8 Å². The molecule has 0 aromatic rings. The zero-order valence-corrected chi connectivity index (χ0v) is 35.7. The predicted octanol–water partition coefficient (Wildman–Crippen LogP) is 13.1. The highest BCUT2D eigenvalue weighted by atomic mass is 19.4. The molecule has 0 aromatic carbocycles. The van der Waals surface area contributed by atoms with E-state index in [4.69, 9.17) is 0 Å². The third-order valence-electron chi connectivity index (χ3n) is 17.0. The Balaban J connectivity index is 0.000000208. The molecule has 0 aromatic heterocycles. The maximum Gasteiger partial charge on any atom is 0.426 e. The van der Waals surface area contributed by atoms with Gasteiger partial charge in [0, 0.05) is 7.11 Å². The topological polar surface area (TPSA) is 58.9 Å². The first-order valence-corrected chi connectivity index (χ1v) is 21.2. The predicted molar refractivity (Wildman–Crippen MR) is 190 cm³/mol. The number of hydrogen-bond donors (Lipinski definition) is 2. The van der Waals surface area contributed by atoms with Crippen LogP contribution in [0.5, 0.6) is 0 Å². The van der Waals surface area contributed by atoms with Crippen LogP contribution in [-0.2, 0) is 9.47 Å². The summed E-state index contributed by atoms with van der Waals surface area (Å²) in [4.78, 5) is 0. The summed E-state index contributed by atoms with van der Waals surface area (Å²) in [5.41, 5.74) is -13.3. The van der Waals surface area contributed by atoms with Gasteiger partial charge in [-0.1, -0.05) is 41.5 Å². The summed E-state index contributed by atoms with van der Waals surface area (Å²) in [5, 5.41) is 18.6. The van der Waals surface area contributed by atoms with Crippen LogP contribution in [0.4, 0.5) is 79.0 Å². The van der Waals surface area contributed by atoms with Gasteiger partial charge in [0.05, 0.1) is 0 Å². The van der Waals surface area contributed by atoms with E-state index < -0.39 is 97.7 Å². The van der Waals surface area contributed by atoms with Crippen molar-refractivity contribution in [2.45, 2.75) is 153 Å². The fourth-order valence-electron chi connectivity index (χ4n) is 12.7. The molecular formula is C41H58F18O4. The number of aliphatic hydroxyl groups is 2. The summed E-state index contributed by atoms with van der Waals surface area (Å²) in [6.07, 6.45) is -34.3. The summed E-state index contributed by atoms with van der Waals surface area (Å²) in [7, 11) is 0.999. The van der Waals surface area contributed by atoms with Gasteiger partial charge >= 0.3 is 37.1 Å².